The topological polar surface area (TPSA) is 57.1 Å². The van der Waals surface area contributed by atoms with Crippen molar-refractivity contribution in [3.63, 3.8) is 0 Å². The SMILES string of the molecule is COc1cc(/C=C2\N=C(c3ccccc3Cl)OC2=O)cc(Br)c1OCc1ccc(Cl)cc1. The second-order valence-electron chi connectivity index (χ2n) is 6.77. The molecule has 0 saturated carbocycles. The summed E-state index contributed by atoms with van der Waals surface area (Å²) < 4.78 is 17.4. The summed E-state index contributed by atoms with van der Waals surface area (Å²) in [5.74, 6) is 0.652. The van der Waals surface area contributed by atoms with Crippen LogP contribution in [0.4, 0.5) is 0 Å². The molecule has 1 heterocycles. The number of carbonyl (C=O) groups excluding carboxylic acids is 1. The second-order valence-corrected chi connectivity index (χ2v) is 8.46. The smallest absolute Gasteiger partial charge is 0.363 e. The van der Waals surface area contributed by atoms with Crippen LogP contribution in [0, 0.1) is 0 Å². The van der Waals surface area contributed by atoms with Gasteiger partial charge in [0.05, 0.1) is 22.2 Å². The van der Waals surface area contributed by atoms with Gasteiger partial charge in [-0.15, -0.1) is 0 Å². The fraction of sp³-hybridized carbons (Fsp3) is 0.0833. The number of halogens is 3. The van der Waals surface area contributed by atoms with E-state index in [9.17, 15) is 4.79 Å². The molecule has 3 aromatic carbocycles. The van der Waals surface area contributed by atoms with E-state index in [4.69, 9.17) is 37.4 Å². The molecule has 0 bridgehead atoms. The van der Waals surface area contributed by atoms with Crippen molar-refractivity contribution in [2.75, 3.05) is 7.11 Å². The van der Waals surface area contributed by atoms with E-state index in [1.54, 1.807) is 55.7 Å². The van der Waals surface area contributed by atoms with Crippen LogP contribution in [0.2, 0.25) is 10.0 Å². The third-order valence-electron chi connectivity index (χ3n) is 4.58. The van der Waals surface area contributed by atoms with Crippen molar-refractivity contribution in [3.05, 3.63) is 97.6 Å². The number of rotatable bonds is 6. The predicted octanol–water partition coefficient (Wildman–Crippen LogP) is 6.69. The van der Waals surface area contributed by atoms with Crippen LogP contribution < -0.4 is 9.47 Å². The van der Waals surface area contributed by atoms with Crippen LogP contribution in [0.25, 0.3) is 6.08 Å². The van der Waals surface area contributed by atoms with Crippen LogP contribution in [0.3, 0.4) is 0 Å². The predicted molar refractivity (Wildman–Crippen MR) is 129 cm³/mol. The summed E-state index contributed by atoms with van der Waals surface area (Å²) in [4.78, 5) is 16.6. The molecule has 0 spiro atoms. The third-order valence-corrected chi connectivity index (χ3v) is 5.75. The van der Waals surface area contributed by atoms with Crippen molar-refractivity contribution in [2.45, 2.75) is 6.61 Å². The van der Waals surface area contributed by atoms with E-state index in [0.717, 1.165) is 5.56 Å². The highest BCUT2D eigenvalue weighted by molar-refractivity contribution is 9.10. The molecule has 0 unspecified atom stereocenters. The summed E-state index contributed by atoms with van der Waals surface area (Å²) in [7, 11) is 1.55. The summed E-state index contributed by atoms with van der Waals surface area (Å²) in [6.07, 6.45) is 1.61. The van der Waals surface area contributed by atoms with Crippen LogP contribution >= 0.6 is 39.1 Å². The van der Waals surface area contributed by atoms with Gasteiger partial charge in [-0.3, -0.25) is 0 Å². The minimum Gasteiger partial charge on any atom is -0.493 e. The molecule has 8 heteroatoms. The molecule has 4 rings (SSSR count). The van der Waals surface area contributed by atoms with Crippen LogP contribution in [0.5, 0.6) is 11.5 Å². The summed E-state index contributed by atoms with van der Waals surface area (Å²) in [5, 5.41) is 1.11. The summed E-state index contributed by atoms with van der Waals surface area (Å²) in [6, 6.07) is 18.0. The van der Waals surface area contributed by atoms with Crippen molar-refractivity contribution in [1.29, 1.82) is 0 Å². The molecule has 1 aliphatic rings. The highest BCUT2D eigenvalue weighted by atomic mass is 79.9. The molecule has 0 N–H and O–H groups in total. The van der Waals surface area contributed by atoms with E-state index in [1.807, 2.05) is 18.2 Å². The molecule has 0 amide bonds. The number of hydrogen-bond donors (Lipinski definition) is 0. The van der Waals surface area contributed by atoms with Crippen LogP contribution in [0.1, 0.15) is 16.7 Å². The molecule has 162 valence electrons. The van der Waals surface area contributed by atoms with Gasteiger partial charge in [-0.1, -0.05) is 47.5 Å². The van der Waals surface area contributed by atoms with E-state index in [-0.39, 0.29) is 11.6 Å². The molecule has 32 heavy (non-hydrogen) atoms. The number of nitrogens with zero attached hydrogens (tertiary/aromatic N) is 1. The van der Waals surface area contributed by atoms with Crippen molar-refractivity contribution in [1.82, 2.24) is 0 Å². The lowest BCUT2D eigenvalue weighted by Crippen LogP contribution is -2.05. The number of cyclic esters (lactones) is 1. The van der Waals surface area contributed by atoms with Gasteiger partial charge >= 0.3 is 5.97 Å². The van der Waals surface area contributed by atoms with Crippen molar-refractivity contribution >= 4 is 57.1 Å². The van der Waals surface area contributed by atoms with Crippen LogP contribution in [0.15, 0.2) is 75.8 Å². The zero-order valence-corrected chi connectivity index (χ0v) is 19.9. The normalized spacial score (nSPS) is 14.3. The van der Waals surface area contributed by atoms with E-state index >= 15 is 0 Å². The average Bonchev–Trinajstić information content (AvgIpc) is 3.14. The van der Waals surface area contributed by atoms with E-state index < -0.39 is 5.97 Å². The lowest BCUT2D eigenvalue weighted by atomic mass is 10.1. The van der Waals surface area contributed by atoms with Gasteiger partial charge in [-0.2, -0.15) is 0 Å². The number of carbonyl (C=O) groups is 1. The van der Waals surface area contributed by atoms with E-state index in [0.29, 0.717) is 43.8 Å². The molecule has 0 fully saturated rings. The largest absolute Gasteiger partial charge is 0.493 e. The Hall–Kier alpha value is -2.80. The van der Waals surface area contributed by atoms with Gasteiger partial charge in [0, 0.05) is 5.02 Å². The standard InChI is InChI=1S/C24H16BrCl2NO4/c1-30-21-12-15(10-18(25)22(21)31-13-14-6-8-16(26)9-7-14)11-20-24(29)32-23(28-20)17-4-2-3-5-19(17)27/h2-12H,13H2,1H3/b20-11-. The lowest BCUT2D eigenvalue weighted by Gasteiger charge is -2.14. The van der Waals surface area contributed by atoms with Crippen molar-refractivity contribution in [2.24, 2.45) is 4.99 Å². The summed E-state index contributed by atoms with van der Waals surface area (Å²) in [6.45, 7) is 0.338. The first-order valence-corrected chi connectivity index (χ1v) is 11.0. The molecule has 5 nitrogen and oxygen atoms in total. The van der Waals surface area contributed by atoms with Gasteiger partial charge < -0.3 is 14.2 Å². The number of esters is 1. The average molecular weight is 533 g/mol. The number of aliphatic imine (C=N–C) groups is 1. The Morgan fingerprint density at radius 1 is 1.09 bits per heavy atom. The number of ether oxygens (including phenoxy) is 3. The Morgan fingerprint density at radius 3 is 2.56 bits per heavy atom. The number of hydrogen-bond acceptors (Lipinski definition) is 5. The maximum absolute atomic E-state index is 12.3. The Morgan fingerprint density at radius 2 is 1.84 bits per heavy atom. The monoisotopic (exact) mass is 531 g/mol. The first-order valence-electron chi connectivity index (χ1n) is 9.47. The molecular formula is C24H16BrCl2NO4. The fourth-order valence-electron chi connectivity index (χ4n) is 3.02. The molecular weight excluding hydrogens is 517 g/mol. The molecule has 1 aliphatic heterocycles. The molecule has 0 aliphatic carbocycles. The fourth-order valence-corrected chi connectivity index (χ4v) is 3.93. The maximum Gasteiger partial charge on any atom is 0.363 e. The number of methoxy groups -OCH3 is 1. The first kappa shape index (κ1) is 22.4. The van der Waals surface area contributed by atoms with E-state index in [1.165, 1.54) is 0 Å². The van der Waals surface area contributed by atoms with Gasteiger partial charge in [0.2, 0.25) is 5.90 Å². The second kappa shape index (κ2) is 9.77. The minimum atomic E-state index is -0.557. The molecule has 3 aromatic rings. The highest BCUT2D eigenvalue weighted by Crippen LogP contribution is 2.38. The van der Waals surface area contributed by atoms with Gasteiger partial charge in [-0.05, 0) is 69.5 Å². The van der Waals surface area contributed by atoms with Crippen molar-refractivity contribution in [3.8, 4) is 11.5 Å². The van der Waals surface area contributed by atoms with Gasteiger partial charge in [0.15, 0.2) is 17.2 Å². The lowest BCUT2D eigenvalue weighted by molar-refractivity contribution is -0.129. The molecule has 0 radical (unpaired) electrons. The zero-order valence-electron chi connectivity index (χ0n) is 16.8. The third kappa shape index (κ3) is 4.99. The van der Waals surface area contributed by atoms with Gasteiger partial charge in [0.25, 0.3) is 0 Å². The molecule has 0 atom stereocenters. The summed E-state index contributed by atoms with van der Waals surface area (Å²) >= 11 is 15.6. The Labute approximate surface area is 203 Å². The zero-order chi connectivity index (χ0) is 22.7. The summed E-state index contributed by atoms with van der Waals surface area (Å²) in [5.41, 5.74) is 2.35. The Balaban J connectivity index is 1.59. The molecule has 0 saturated heterocycles. The quantitative estimate of drug-likeness (QED) is 0.262. The minimum absolute atomic E-state index is 0.156. The first-order chi connectivity index (χ1) is 15.4. The van der Waals surface area contributed by atoms with Crippen LogP contribution in [-0.4, -0.2) is 19.0 Å². The highest BCUT2D eigenvalue weighted by Gasteiger charge is 2.25. The van der Waals surface area contributed by atoms with Crippen molar-refractivity contribution < 1.29 is 19.0 Å². The molecule has 0 aromatic heterocycles. The maximum atomic E-state index is 12.3. The number of benzene rings is 3. The van der Waals surface area contributed by atoms with Gasteiger partial charge in [-0.25, -0.2) is 9.79 Å². The Bertz CT molecular complexity index is 1240. The van der Waals surface area contributed by atoms with Crippen LogP contribution in [-0.2, 0) is 16.1 Å². The van der Waals surface area contributed by atoms with Gasteiger partial charge in [0.1, 0.15) is 6.61 Å². The van der Waals surface area contributed by atoms with E-state index in [2.05, 4.69) is 20.9 Å². The Kier molecular flexibility index (Phi) is 6.84.